The highest BCUT2D eigenvalue weighted by Gasteiger charge is 2.37. The number of carboxylic acids is 1. The summed E-state index contributed by atoms with van der Waals surface area (Å²) in [5.74, 6) is -1.57. The molecule has 1 aromatic rings. The molecule has 3 N–H and O–H groups in total. The van der Waals surface area contributed by atoms with Gasteiger partial charge in [0.1, 0.15) is 11.6 Å². The second-order valence-electron chi connectivity index (χ2n) is 9.12. The highest BCUT2D eigenvalue weighted by atomic mass is 16.7. The van der Waals surface area contributed by atoms with E-state index in [0.29, 0.717) is 5.56 Å². The van der Waals surface area contributed by atoms with Crippen LogP contribution in [0.1, 0.15) is 46.6 Å². The fourth-order valence-corrected chi connectivity index (χ4v) is 2.90. The summed E-state index contributed by atoms with van der Waals surface area (Å²) >= 11 is 0. The smallest absolute Gasteiger partial charge is 0.480 e. The lowest BCUT2D eigenvalue weighted by molar-refractivity contribution is -0.144. The van der Waals surface area contributed by atoms with Gasteiger partial charge in [-0.25, -0.2) is 14.4 Å². The highest BCUT2D eigenvalue weighted by Crippen LogP contribution is 2.31. The van der Waals surface area contributed by atoms with E-state index in [1.165, 1.54) is 25.1 Å². The van der Waals surface area contributed by atoms with Gasteiger partial charge < -0.3 is 39.3 Å². The minimum Gasteiger partial charge on any atom is -0.480 e. The first-order valence-electron chi connectivity index (χ1n) is 11.3. The van der Waals surface area contributed by atoms with Crippen molar-refractivity contribution >= 4 is 24.4 Å². The summed E-state index contributed by atoms with van der Waals surface area (Å²) in [6.07, 6.45) is -4.39. The second-order valence-corrected chi connectivity index (χ2v) is 9.12. The quantitative estimate of drug-likeness (QED) is 0.235. The van der Waals surface area contributed by atoms with Crippen molar-refractivity contribution in [2.45, 2.75) is 59.1 Å². The van der Waals surface area contributed by atoms with Crippen molar-refractivity contribution < 1.29 is 52.7 Å². The van der Waals surface area contributed by atoms with E-state index in [-0.39, 0.29) is 49.4 Å². The SMILES string of the molecule is COC(=O)O[C@@H](C)CC(N)(Cc1ccc(OC(=O)OCC(C)C)c(OC(=O)OCC(C)C)c1)C(=O)O. The van der Waals surface area contributed by atoms with Crippen molar-refractivity contribution in [3.63, 3.8) is 0 Å². The van der Waals surface area contributed by atoms with Gasteiger partial charge in [0.15, 0.2) is 11.5 Å². The third-order valence-electron chi connectivity index (χ3n) is 4.53. The third-order valence-corrected chi connectivity index (χ3v) is 4.53. The van der Waals surface area contributed by atoms with E-state index < -0.39 is 36.1 Å². The van der Waals surface area contributed by atoms with Crippen molar-refractivity contribution in [1.82, 2.24) is 0 Å². The van der Waals surface area contributed by atoms with Crippen LogP contribution >= 0.6 is 0 Å². The lowest BCUT2D eigenvalue weighted by Gasteiger charge is -2.27. The zero-order chi connectivity index (χ0) is 27.5. The van der Waals surface area contributed by atoms with Crippen LogP contribution in [-0.2, 0) is 30.2 Å². The molecule has 0 bridgehead atoms. The molecular formula is C24H35NO11. The van der Waals surface area contributed by atoms with Gasteiger partial charge in [-0.3, -0.25) is 4.79 Å². The normalized spacial score (nSPS) is 13.4. The summed E-state index contributed by atoms with van der Waals surface area (Å²) in [5.41, 5.74) is 4.61. The highest BCUT2D eigenvalue weighted by molar-refractivity contribution is 5.79. The predicted molar refractivity (Wildman–Crippen MR) is 126 cm³/mol. The number of benzene rings is 1. The summed E-state index contributed by atoms with van der Waals surface area (Å²) in [4.78, 5) is 47.5. The largest absolute Gasteiger partial charge is 0.513 e. The lowest BCUT2D eigenvalue weighted by atomic mass is 9.86. The van der Waals surface area contributed by atoms with Crippen molar-refractivity contribution in [2.24, 2.45) is 17.6 Å². The van der Waals surface area contributed by atoms with Crippen LogP contribution in [0.4, 0.5) is 14.4 Å². The average Bonchev–Trinajstić information content (AvgIpc) is 2.77. The van der Waals surface area contributed by atoms with Crippen LogP contribution in [0, 0.1) is 11.8 Å². The van der Waals surface area contributed by atoms with Gasteiger partial charge in [0.2, 0.25) is 0 Å². The van der Waals surface area contributed by atoms with Crippen LogP contribution < -0.4 is 15.2 Å². The summed E-state index contributed by atoms with van der Waals surface area (Å²) in [5, 5.41) is 9.76. The van der Waals surface area contributed by atoms with Gasteiger partial charge in [0.05, 0.1) is 20.3 Å². The molecule has 0 radical (unpaired) electrons. The monoisotopic (exact) mass is 513 g/mol. The molecule has 0 aliphatic carbocycles. The van der Waals surface area contributed by atoms with E-state index in [1.807, 2.05) is 27.7 Å². The minimum atomic E-state index is -1.86. The molecule has 36 heavy (non-hydrogen) atoms. The number of ether oxygens (including phenoxy) is 6. The zero-order valence-electron chi connectivity index (χ0n) is 21.4. The number of nitrogens with two attached hydrogens (primary N) is 1. The zero-order valence-corrected chi connectivity index (χ0v) is 21.4. The Bertz CT molecular complexity index is 915. The van der Waals surface area contributed by atoms with E-state index in [4.69, 9.17) is 29.4 Å². The molecule has 1 aromatic carbocycles. The van der Waals surface area contributed by atoms with Crippen molar-refractivity contribution in [1.29, 1.82) is 0 Å². The van der Waals surface area contributed by atoms with Crippen LogP contribution in [-0.4, -0.2) is 61.5 Å². The van der Waals surface area contributed by atoms with E-state index in [2.05, 4.69) is 4.74 Å². The Kier molecular flexibility index (Phi) is 12.0. The first-order chi connectivity index (χ1) is 16.7. The van der Waals surface area contributed by atoms with E-state index in [0.717, 1.165) is 7.11 Å². The first kappa shape index (κ1) is 30.5. The standard InChI is InChI=1S/C24H35NO11/c1-14(2)12-32-22(29)35-18-8-7-17(9-19(18)36-23(30)33-13-15(3)4)11-24(25,20(26)27)10-16(5)34-21(28)31-6/h7-9,14-16H,10-13,25H2,1-6H3,(H,26,27)/t16-,24?/m0/s1. The predicted octanol–water partition coefficient (Wildman–Crippen LogP) is 3.92. The van der Waals surface area contributed by atoms with Crippen LogP contribution in [0.5, 0.6) is 11.5 Å². The minimum absolute atomic E-state index is 0.0493. The number of rotatable bonds is 12. The number of methoxy groups -OCH3 is 1. The average molecular weight is 514 g/mol. The Morgan fingerprint density at radius 3 is 1.89 bits per heavy atom. The fraction of sp³-hybridized carbons (Fsp3) is 0.583. The number of aliphatic carboxylic acids is 1. The molecule has 1 rings (SSSR count). The molecule has 0 amide bonds. The fourth-order valence-electron chi connectivity index (χ4n) is 2.90. The van der Waals surface area contributed by atoms with Gasteiger partial charge in [-0.05, 0) is 36.5 Å². The molecule has 0 aliphatic rings. The second kappa shape index (κ2) is 14.1. The van der Waals surface area contributed by atoms with Crippen LogP contribution in [0.3, 0.4) is 0 Å². The Morgan fingerprint density at radius 2 is 1.42 bits per heavy atom. The van der Waals surface area contributed by atoms with Gasteiger partial charge in [0, 0.05) is 12.8 Å². The number of carbonyl (C=O) groups excluding carboxylic acids is 3. The van der Waals surface area contributed by atoms with Gasteiger partial charge in [0.25, 0.3) is 0 Å². The molecule has 12 heteroatoms. The number of hydrogen-bond donors (Lipinski definition) is 2. The summed E-state index contributed by atoms with van der Waals surface area (Å²) < 4.78 is 29.7. The maximum atomic E-state index is 12.2. The number of carbonyl (C=O) groups is 4. The van der Waals surface area contributed by atoms with Crippen molar-refractivity contribution in [3.8, 4) is 11.5 Å². The Morgan fingerprint density at radius 1 is 0.889 bits per heavy atom. The molecule has 0 heterocycles. The van der Waals surface area contributed by atoms with Crippen LogP contribution in [0.2, 0.25) is 0 Å². The lowest BCUT2D eigenvalue weighted by Crippen LogP contribution is -2.52. The molecule has 0 spiro atoms. The van der Waals surface area contributed by atoms with Crippen LogP contribution in [0.15, 0.2) is 18.2 Å². The molecule has 2 atom stereocenters. The molecule has 0 fully saturated rings. The summed E-state index contributed by atoms with van der Waals surface area (Å²) in [6, 6.07) is 4.07. The summed E-state index contributed by atoms with van der Waals surface area (Å²) in [7, 11) is 1.12. The molecular weight excluding hydrogens is 478 g/mol. The van der Waals surface area contributed by atoms with Gasteiger partial charge in [-0.2, -0.15) is 0 Å². The molecule has 0 aromatic heterocycles. The molecule has 0 aliphatic heterocycles. The Balaban J connectivity index is 3.18. The van der Waals surface area contributed by atoms with E-state index >= 15 is 0 Å². The van der Waals surface area contributed by atoms with Crippen molar-refractivity contribution in [2.75, 3.05) is 20.3 Å². The number of carboxylic acid groups (broad SMARTS) is 1. The maximum absolute atomic E-state index is 12.2. The van der Waals surface area contributed by atoms with Crippen molar-refractivity contribution in [3.05, 3.63) is 23.8 Å². The van der Waals surface area contributed by atoms with Gasteiger partial charge >= 0.3 is 24.4 Å². The molecule has 1 unspecified atom stereocenters. The van der Waals surface area contributed by atoms with Crippen LogP contribution in [0.25, 0.3) is 0 Å². The first-order valence-corrected chi connectivity index (χ1v) is 11.3. The third kappa shape index (κ3) is 10.8. The molecule has 202 valence electrons. The van der Waals surface area contributed by atoms with Gasteiger partial charge in [-0.1, -0.05) is 33.8 Å². The number of hydrogen-bond acceptors (Lipinski definition) is 11. The van der Waals surface area contributed by atoms with E-state index in [1.54, 1.807) is 0 Å². The maximum Gasteiger partial charge on any atom is 0.513 e. The Hall–Kier alpha value is -3.54. The topological polar surface area (TPSA) is 170 Å². The van der Waals surface area contributed by atoms with E-state index in [9.17, 15) is 24.3 Å². The molecule has 0 saturated carbocycles. The molecule has 12 nitrogen and oxygen atoms in total. The van der Waals surface area contributed by atoms with Gasteiger partial charge in [-0.15, -0.1) is 0 Å². The Labute approximate surface area is 209 Å². The summed E-state index contributed by atoms with van der Waals surface area (Å²) in [6.45, 7) is 9.05. The molecule has 0 saturated heterocycles.